The van der Waals surface area contributed by atoms with Crippen LogP contribution >= 0.6 is 0 Å². The number of amides is 1. The van der Waals surface area contributed by atoms with Crippen LogP contribution < -0.4 is 10.9 Å². The summed E-state index contributed by atoms with van der Waals surface area (Å²) in [6, 6.07) is 18.5. The second-order valence-corrected chi connectivity index (χ2v) is 7.10. The number of nitrogens with one attached hydrogen (secondary N) is 2. The first-order chi connectivity index (χ1) is 15.6. The molecule has 0 aliphatic carbocycles. The number of nitrogens with zero attached hydrogens (tertiary/aromatic N) is 2. The fraction of sp³-hybridized carbons (Fsp3) is 0. The maximum atomic E-state index is 13.1. The van der Waals surface area contributed by atoms with Crippen molar-refractivity contribution in [2.45, 2.75) is 0 Å². The van der Waals surface area contributed by atoms with E-state index in [4.69, 9.17) is 17.5 Å². The zero-order valence-electron chi connectivity index (χ0n) is 16.8. The molecule has 0 unspecified atom stereocenters. The SMILES string of the molecule is O=C(N/N=C/c1cccc(F)c1)c1ccc(N/N=C/c2cccc(F)c2)cc1.O=S(=O)(O)O. The second-order valence-electron chi connectivity index (χ2n) is 6.20. The number of benzene rings is 3. The van der Waals surface area contributed by atoms with E-state index in [1.807, 2.05) is 0 Å². The standard InChI is InChI=1S/C21H16F2N4O.H2O4S/c22-18-5-1-3-15(11-18)13-24-26-20-9-7-17(8-10-20)21(28)27-25-14-16-4-2-6-19(23)12-16;1-5(2,3)4/h1-14,26H,(H,27,28);(H2,1,2,3,4)/b24-13+,25-14+;. The third-order valence-corrected chi connectivity index (χ3v) is 3.63. The minimum absolute atomic E-state index is 0.334. The summed E-state index contributed by atoms with van der Waals surface area (Å²) in [5.41, 5.74) is 7.40. The van der Waals surface area contributed by atoms with E-state index in [-0.39, 0.29) is 11.6 Å². The van der Waals surface area contributed by atoms with Gasteiger partial charge in [-0.2, -0.15) is 18.6 Å². The molecule has 0 radical (unpaired) electrons. The molecule has 3 rings (SSSR count). The molecule has 0 aromatic heterocycles. The average Bonchev–Trinajstić information content (AvgIpc) is 2.73. The largest absolute Gasteiger partial charge is 0.394 e. The smallest absolute Gasteiger partial charge is 0.279 e. The lowest BCUT2D eigenvalue weighted by molar-refractivity contribution is 0.0955. The van der Waals surface area contributed by atoms with Gasteiger partial charge in [0.15, 0.2) is 0 Å². The van der Waals surface area contributed by atoms with Crippen LogP contribution in [0.5, 0.6) is 0 Å². The van der Waals surface area contributed by atoms with Crippen molar-refractivity contribution in [3.63, 3.8) is 0 Å². The van der Waals surface area contributed by atoms with E-state index >= 15 is 0 Å². The van der Waals surface area contributed by atoms with Crippen molar-refractivity contribution in [3.8, 4) is 0 Å². The van der Waals surface area contributed by atoms with Gasteiger partial charge in [0.1, 0.15) is 11.6 Å². The van der Waals surface area contributed by atoms with Crippen LogP contribution in [0.2, 0.25) is 0 Å². The Balaban J connectivity index is 0.000000696. The molecule has 0 fully saturated rings. The highest BCUT2D eigenvalue weighted by atomic mass is 32.3. The van der Waals surface area contributed by atoms with Gasteiger partial charge in [0.05, 0.1) is 18.1 Å². The van der Waals surface area contributed by atoms with Gasteiger partial charge in [0.2, 0.25) is 0 Å². The molecule has 4 N–H and O–H groups in total. The molecule has 0 saturated carbocycles. The Hall–Kier alpha value is -4.00. The monoisotopic (exact) mass is 476 g/mol. The predicted octanol–water partition coefficient (Wildman–Crippen LogP) is 3.52. The van der Waals surface area contributed by atoms with Crippen molar-refractivity contribution in [2.24, 2.45) is 10.2 Å². The zero-order chi connectivity index (χ0) is 24.3. The molecule has 12 heteroatoms. The molecule has 3 aromatic rings. The van der Waals surface area contributed by atoms with Gasteiger partial charge in [-0.3, -0.25) is 19.3 Å². The van der Waals surface area contributed by atoms with Crippen molar-refractivity contribution in [2.75, 3.05) is 5.43 Å². The number of anilines is 1. The average molecular weight is 476 g/mol. The van der Waals surface area contributed by atoms with Crippen LogP contribution in [-0.2, 0) is 10.4 Å². The van der Waals surface area contributed by atoms with Crippen LogP contribution in [0.25, 0.3) is 0 Å². The van der Waals surface area contributed by atoms with Crippen LogP contribution in [0, 0.1) is 11.6 Å². The second kappa shape index (κ2) is 12.1. The van der Waals surface area contributed by atoms with Gasteiger partial charge in [-0.15, -0.1) is 0 Å². The Morgan fingerprint density at radius 1 is 0.818 bits per heavy atom. The Morgan fingerprint density at radius 3 is 1.79 bits per heavy atom. The van der Waals surface area contributed by atoms with Crippen molar-refractivity contribution in [3.05, 3.63) is 101 Å². The molecule has 0 atom stereocenters. The van der Waals surface area contributed by atoms with E-state index in [2.05, 4.69) is 21.1 Å². The highest BCUT2D eigenvalue weighted by Gasteiger charge is 2.03. The van der Waals surface area contributed by atoms with Crippen LogP contribution in [0.3, 0.4) is 0 Å². The van der Waals surface area contributed by atoms with Crippen molar-refractivity contribution < 1.29 is 31.1 Å². The van der Waals surface area contributed by atoms with Gasteiger partial charge >= 0.3 is 10.4 Å². The lowest BCUT2D eigenvalue weighted by atomic mass is 10.2. The van der Waals surface area contributed by atoms with E-state index in [0.29, 0.717) is 22.4 Å². The molecule has 0 aliphatic rings. The molecule has 0 aliphatic heterocycles. The molecular formula is C21H18F2N4O5S. The summed E-state index contributed by atoms with van der Waals surface area (Å²) in [5.74, 6) is -1.11. The van der Waals surface area contributed by atoms with E-state index in [0.717, 1.165) is 0 Å². The normalized spacial score (nSPS) is 11.2. The summed E-state index contributed by atoms with van der Waals surface area (Å²) in [5, 5.41) is 7.83. The Bertz CT molecular complexity index is 1240. The highest BCUT2D eigenvalue weighted by molar-refractivity contribution is 7.79. The molecule has 1 amide bonds. The first kappa shape index (κ1) is 25.3. The summed E-state index contributed by atoms with van der Waals surface area (Å²) < 4.78 is 57.8. The molecule has 0 heterocycles. The lowest BCUT2D eigenvalue weighted by Crippen LogP contribution is -2.17. The third-order valence-electron chi connectivity index (χ3n) is 3.63. The minimum Gasteiger partial charge on any atom is -0.279 e. The number of hydrazone groups is 2. The fourth-order valence-electron chi connectivity index (χ4n) is 2.28. The highest BCUT2D eigenvalue weighted by Crippen LogP contribution is 2.10. The van der Waals surface area contributed by atoms with Crippen molar-refractivity contribution >= 4 is 34.4 Å². The van der Waals surface area contributed by atoms with Crippen LogP contribution in [-0.4, -0.2) is 35.9 Å². The summed E-state index contributed by atoms with van der Waals surface area (Å²) in [6.07, 6.45) is 2.85. The summed E-state index contributed by atoms with van der Waals surface area (Å²) in [6.45, 7) is 0. The van der Waals surface area contributed by atoms with Gasteiger partial charge in [0, 0.05) is 5.56 Å². The van der Waals surface area contributed by atoms with Gasteiger partial charge in [0.25, 0.3) is 5.91 Å². The van der Waals surface area contributed by atoms with Crippen molar-refractivity contribution in [1.82, 2.24) is 5.43 Å². The number of halogens is 2. The lowest BCUT2D eigenvalue weighted by Gasteiger charge is -2.03. The van der Waals surface area contributed by atoms with E-state index < -0.39 is 16.3 Å². The Kier molecular flexibility index (Phi) is 9.30. The Morgan fingerprint density at radius 2 is 1.30 bits per heavy atom. The van der Waals surface area contributed by atoms with Crippen LogP contribution in [0.15, 0.2) is 83.0 Å². The first-order valence-electron chi connectivity index (χ1n) is 9.04. The molecule has 33 heavy (non-hydrogen) atoms. The molecule has 9 nitrogen and oxygen atoms in total. The van der Waals surface area contributed by atoms with Gasteiger partial charge in [-0.25, -0.2) is 14.2 Å². The van der Waals surface area contributed by atoms with Crippen molar-refractivity contribution in [1.29, 1.82) is 0 Å². The molecule has 0 bridgehead atoms. The molecule has 0 spiro atoms. The summed E-state index contributed by atoms with van der Waals surface area (Å²) in [4.78, 5) is 12.1. The number of carbonyl (C=O) groups is 1. The van der Waals surface area contributed by atoms with Crippen LogP contribution in [0.4, 0.5) is 14.5 Å². The number of hydrogen-bond acceptors (Lipinski definition) is 6. The van der Waals surface area contributed by atoms with E-state index in [9.17, 15) is 13.6 Å². The zero-order valence-corrected chi connectivity index (χ0v) is 17.6. The number of hydrogen-bond donors (Lipinski definition) is 4. The summed E-state index contributed by atoms with van der Waals surface area (Å²) in [7, 11) is -4.67. The fourth-order valence-corrected chi connectivity index (χ4v) is 2.28. The number of carbonyl (C=O) groups excluding carboxylic acids is 1. The quantitative estimate of drug-likeness (QED) is 0.244. The van der Waals surface area contributed by atoms with Crippen LogP contribution in [0.1, 0.15) is 21.5 Å². The molecule has 172 valence electrons. The minimum atomic E-state index is -4.67. The molecular weight excluding hydrogens is 458 g/mol. The first-order valence-corrected chi connectivity index (χ1v) is 10.4. The van der Waals surface area contributed by atoms with Gasteiger partial charge in [-0.1, -0.05) is 24.3 Å². The number of rotatable bonds is 6. The third kappa shape index (κ3) is 10.7. The summed E-state index contributed by atoms with van der Waals surface area (Å²) >= 11 is 0. The molecule has 3 aromatic carbocycles. The topological polar surface area (TPSA) is 140 Å². The maximum absolute atomic E-state index is 13.1. The van der Waals surface area contributed by atoms with Gasteiger partial charge in [-0.05, 0) is 59.7 Å². The predicted molar refractivity (Wildman–Crippen MR) is 120 cm³/mol. The maximum Gasteiger partial charge on any atom is 0.394 e. The van der Waals surface area contributed by atoms with Gasteiger partial charge < -0.3 is 0 Å². The van der Waals surface area contributed by atoms with E-state index in [1.54, 1.807) is 48.5 Å². The van der Waals surface area contributed by atoms with E-state index in [1.165, 1.54) is 36.7 Å². The Labute approximate surface area is 188 Å². The molecule has 0 saturated heterocycles.